The zero-order valence-electron chi connectivity index (χ0n) is 8.14. The van der Waals surface area contributed by atoms with Crippen LogP contribution in [0, 0.1) is 13.8 Å². The largest absolute Gasteiger partial charge is 0.466 e. The summed E-state index contributed by atoms with van der Waals surface area (Å²) in [7, 11) is 0. The van der Waals surface area contributed by atoms with Crippen molar-refractivity contribution in [3.05, 3.63) is 23.2 Å². The van der Waals surface area contributed by atoms with Gasteiger partial charge in [-0.2, -0.15) is 0 Å². The summed E-state index contributed by atoms with van der Waals surface area (Å²) >= 11 is 0. The summed E-state index contributed by atoms with van der Waals surface area (Å²) in [6, 6.07) is 1.99. The predicted octanol–water partition coefficient (Wildman–Crippen LogP) is 2.17. The van der Waals surface area contributed by atoms with Crippen LogP contribution in [-0.4, -0.2) is 11.7 Å². The molecule has 68 valence electrons. The first-order valence-electron chi connectivity index (χ1n) is 4.16. The van der Waals surface area contributed by atoms with Gasteiger partial charge in [0.25, 0.3) is 0 Å². The Kier molecular flexibility index (Phi) is 2.29. The van der Waals surface area contributed by atoms with E-state index in [-0.39, 0.29) is 12.0 Å². The van der Waals surface area contributed by atoms with Crippen LogP contribution in [0.15, 0.2) is 10.5 Å². The SMILES string of the molecule is Cc1cc(C(C)(C)CO)c(C)o1. The molecular formula is C10H16O2. The van der Waals surface area contributed by atoms with Crippen LogP contribution in [0.25, 0.3) is 0 Å². The molecule has 1 aromatic heterocycles. The molecule has 0 saturated carbocycles. The van der Waals surface area contributed by atoms with E-state index in [1.165, 1.54) is 0 Å². The van der Waals surface area contributed by atoms with Crippen LogP contribution in [0.2, 0.25) is 0 Å². The topological polar surface area (TPSA) is 33.4 Å². The summed E-state index contributed by atoms with van der Waals surface area (Å²) in [5, 5.41) is 9.14. The molecule has 0 aliphatic carbocycles. The Bertz CT molecular complexity index is 271. The van der Waals surface area contributed by atoms with Crippen molar-refractivity contribution in [3.63, 3.8) is 0 Å². The fraction of sp³-hybridized carbons (Fsp3) is 0.600. The molecule has 0 fully saturated rings. The Labute approximate surface area is 73.2 Å². The molecule has 1 N–H and O–H groups in total. The smallest absolute Gasteiger partial charge is 0.104 e. The van der Waals surface area contributed by atoms with E-state index in [9.17, 15) is 0 Å². The van der Waals surface area contributed by atoms with Crippen LogP contribution in [0.3, 0.4) is 0 Å². The second-order valence-electron chi connectivity index (χ2n) is 3.87. The molecule has 12 heavy (non-hydrogen) atoms. The highest BCUT2D eigenvalue weighted by Gasteiger charge is 2.23. The van der Waals surface area contributed by atoms with Crippen LogP contribution in [0.5, 0.6) is 0 Å². The van der Waals surface area contributed by atoms with E-state index < -0.39 is 0 Å². The standard InChI is InChI=1S/C10H16O2/c1-7-5-9(8(2)12-7)10(3,4)6-11/h5,11H,6H2,1-4H3. The summed E-state index contributed by atoms with van der Waals surface area (Å²) in [5.41, 5.74) is 0.907. The van der Waals surface area contributed by atoms with Crippen LogP contribution < -0.4 is 0 Å². The van der Waals surface area contributed by atoms with Crippen LogP contribution >= 0.6 is 0 Å². The Balaban J connectivity index is 3.09. The lowest BCUT2D eigenvalue weighted by Crippen LogP contribution is -2.22. The van der Waals surface area contributed by atoms with Crippen molar-refractivity contribution >= 4 is 0 Å². The number of aryl methyl sites for hydroxylation is 2. The molecule has 0 aliphatic rings. The summed E-state index contributed by atoms with van der Waals surface area (Å²) in [6.07, 6.45) is 0. The highest BCUT2D eigenvalue weighted by Crippen LogP contribution is 2.27. The summed E-state index contributed by atoms with van der Waals surface area (Å²) < 4.78 is 5.39. The highest BCUT2D eigenvalue weighted by atomic mass is 16.3. The van der Waals surface area contributed by atoms with E-state index in [1.807, 2.05) is 33.8 Å². The van der Waals surface area contributed by atoms with Crippen LogP contribution in [-0.2, 0) is 5.41 Å². The minimum Gasteiger partial charge on any atom is -0.466 e. The van der Waals surface area contributed by atoms with E-state index in [0.29, 0.717) is 0 Å². The first-order chi connectivity index (χ1) is 5.47. The van der Waals surface area contributed by atoms with Gasteiger partial charge in [0.2, 0.25) is 0 Å². The van der Waals surface area contributed by atoms with Crippen molar-refractivity contribution in [1.29, 1.82) is 0 Å². The molecule has 1 heterocycles. The van der Waals surface area contributed by atoms with Crippen molar-refractivity contribution in [2.45, 2.75) is 33.1 Å². The van der Waals surface area contributed by atoms with E-state index in [0.717, 1.165) is 17.1 Å². The molecule has 2 nitrogen and oxygen atoms in total. The Morgan fingerprint density at radius 2 is 2.00 bits per heavy atom. The molecule has 0 aliphatic heterocycles. The van der Waals surface area contributed by atoms with E-state index in [1.54, 1.807) is 0 Å². The first kappa shape index (κ1) is 9.33. The van der Waals surface area contributed by atoms with Crippen molar-refractivity contribution < 1.29 is 9.52 Å². The molecule has 1 aromatic rings. The summed E-state index contributed by atoms with van der Waals surface area (Å²) in [4.78, 5) is 0. The first-order valence-corrected chi connectivity index (χ1v) is 4.16. The summed E-state index contributed by atoms with van der Waals surface area (Å²) in [5.74, 6) is 1.82. The quantitative estimate of drug-likeness (QED) is 0.734. The maximum Gasteiger partial charge on any atom is 0.104 e. The minimum atomic E-state index is -0.193. The summed E-state index contributed by atoms with van der Waals surface area (Å²) in [6.45, 7) is 8.01. The Hall–Kier alpha value is -0.760. The van der Waals surface area contributed by atoms with E-state index in [2.05, 4.69) is 0 Å². The van der Waals surface area contributed by atoms with Gasteiger partial charge >= 0.3 is 0 Å². The number of aliphatic hydroxyl groups is 1. The second-order valence-corrected chi connectivity index (χ2v) is 3.87. The fourth-order valence-electron chi connectivity index (χ4n) is 1.39. The molecule has 0 unspecified atom stereocenters. The molecule has 0 amide bonds. The maximum absolute atomic E-state index is 9.14. The average Bonchev–Trinajstić information content (AvgIpc) is 2.31. The maximum atomic E-state index is 9.14. The van der Waals surface area contributed by atoms with Gasteiger partial charge in [-0.25, -0.2) is 0 Å². The lowest BCUT2D eigenvalue weighted by molar-refractivity contribution is 0.217. The van der Waals surface area contributed by atoms with Gasteiger partial charge in [-0.05, 0) is 19.9 Å². The molecular weight excluding hydrogens is 152 g/mol. The van der Waals surface area contributed by atoms with Crippen LogP contribution in [0.4, 0.5) is 0 Å². The normalized spacial score (nSPS) is 12.1. The second kappa shape index (κ2) is 2.94. The fourth-order valence-corrected chi connectivity index (χ4v) is 1.39. The molecule has 0 saturated heterocycles. The van der Waals surface area contributed by atoms with Gasteiger partial charge in [-0.3, -0.25) is 0 Å². The molecule has 1 rings (SSSR count). The van der Waals surface area contributed by atoms with E-state index in [4.69, 9.17) is 9.52 Å². The zero-order chi connectivity index (χ0) is 9.35. The molecule has 0 aromatic carbocycles. The number of furan rings is 1. The molecule has 0 radical (unpaired) electrons. The van der Waals surface area contributed by atoms with Crippen molar-refractivity contribution in [1.82, 2.24) is 0 Å². The monoisotopic (exact) mass is 168 g/mol. The van der Waals surface area contributed by atoms with Gasteiger partial charge in [-0.1, -0.05) is 13.8 Å². The van der Waals surface area contributed by atoms with Gasteiger partial charge in [0, 0.05) is 11.0 Å². The van der Waals surface area contributed by atoms with E-state index >= 15 is 0 Å². The number of rotatable bonds is 2. The van der Waals surface area contributed by atoms with Gasteiger partial charge in [0.05, 0.1) is 6.61 Å². The molecule has 0 atom stereocenters. The molecule has 2 heteroatoms. The molecule has 0 spiro atoms. The van der Waals surface area contributed by atoms with Gasteiger partial charge in [0.1, 0.15) is 11.5 Å². The minimum absolute atomic E-state index is 0.146. The van der Waals surface area contributed by atoms with Gasteiger partial charge < -0.3 is 9.52 Å². The zero-order valence-corrected chi connectivity index (χ0v) is 8.14. The Morgan fingerprint density at radius 1 is 1.42 bits per heavy atom. The van der Waals surface area contributed by atoms with Crippen LogP contribution in [0.1, 0.15) is 30.9 Å². The third-order valence-electron chi connectivity index (χ3n) is 2.17. The predicted molar refractivity (Wildman–Crippen MR) is 48.3 cm³/mol. The van der Waals surface area contributed by atoms with Gasteiger partial charge in [-0.15, -0.1) is 0 Å². The number of hydrogen-bond acceptors (Lipinski definition) is 2. The van der Waals surface area contributed by atoms with Crippen molar-refractivity contribution in [3.8, 4) is 0 Å². The van der Waals surface area contributed by atoms with Crippen molar-refractivity contribution in [2.75, 3.05) is 6.61 Å². The lowest BCUT2D eigenvalue weighted by atomic mass is 9.86. The third kappa shape index (κ3) is 1.53. The number of hydrogen-bond donors (Lipinski definition) is 1. The lowest BCUT2D eigenvalue weighted by Gasteiger charge is -2.20. The average molecular weight is 168 g/mol. The van der Waals surface area contributed by atoms with Gasteiger partial charge in [0.15, 0.2) is 0 Å². The Morgan fingerprint density at radius 3 is 2.33 bits per heavy atom. The highest BCUT2D eigenvalue weighted by molar-refractivity contribution is 5.28. The third-order valence-corrected chi connectivity index (χ3v) is 2.17. The molecule has 0 bridgehead atoms. The number of aliphatic hydroxyl groups excluding tert-OH is 1. The van der Waals surface area contributed by atoms with Crippen molar-refractivity contribution in [2.24, 2.45) is 0 Å².